The summed E-state index contributed by atoms with van der Waals surface area (Å²) in [6.45, 7) is 2.85. The van der Waals surface area contributed by atoms with Crippen molar-refractivity contribution < 1.29 is 14.3 Å². The van der Waals surface area contributed by atoms with Gasteiger partial charge in [0.1, 0.15) is 5.75 Å². The molecule has 0 atom stereocenters. The second-order valence-electron chi connectivity index (χ2n) is 3.00. The van der Waals surface area contributed by atoms with Crippen molar-refractivity contribution in [3.05, 3.63) is 29.3 Å². The molecular weight excluding hydrogens is 180 g/mol. The Balaban J connectivity index is 3.43. The number of ether oxygens (including phenoxy) is 1. The van der Waals surface area contributed by atoms with Crippen molar-refractivity contribution in [2.45, 2.75) is 13.8 Å². The molecule has 3 heteroatoms. The first-order chi connectivity index (χ1) is 6.57. The van der Waals surface area contributed by atoms with E-state index in [1.165, 1.54) is 21.0 Å². The maximum absolute atomic E-state index is 11.3. The van der Waals surface area contributed by atoms with E-state index in [1.807, 2.05) is 0 Å². The highest BCUT2D eigenvalue weighted by atomic mass is 16.5. The van der Waals surface area contributed by atoms with Gasteiger partial charge in [0.15, 0.2) is 11.6 Å². The van der Waals surface area contributed by atoms with Crippen LogP contribution in [-0.4, -0.2) is 18.7 Å². The Labute approximate surface area is 82.7 Å². The number of carbonyl (C=O) groups is 2. The van der Waals surface area contributed by atoms with Crippen molar-refractivity contribution in [2.75, 3.05) is 7.11 Å². The molecule has 0 amide bonds. The standard InChI is InChI=1S/C11H12O3/c1-7(12)9-5-4-6-10(14-3)11(9)8(2)13/h4-6H,1-3H3. The summed E-state index contributed by atoms with van der Waals surface area (Å²) in [5.41, 5.74) is 0.777. The Morgan fingerprint density at radius 2 is 1.79 bits per heavy atom. The quantitative estimate of drug-likeness (QED) is 0.689. The van der Waals surface area contributed by atoms with Gasteiger partial charge in [-0.15, -0.1) is 0 Å². The Bertz CT molecular complexity index is 380. The van der Waals surface area contributed by atoms with Gasteiger partial charge in [0.25, 0.3) is 0 Å². The molecular formula is C11H12O3. The molecule has 3 nitrogen and oxygen atoms in total. The van der Waals surface area contributed by atoms with Gasteiger partial charge in [0.05, 0.1) is 12.7 Å². The third-order valence-electron chi connectivity index (χ3n) is 1.98. The summed E-state index contributed by atoms with van der Waals surface area (Å²) in [5.74, 6) is 0.159. The summed E-state index contributed by atoms with van der Waals surface area (Å²) in [4.78, 5) is 22.5. The average molecular weight is 192 g/mol. The van der Waals surface area contributed by atoms with Gasteiger partial charge in [0, 0.05) is 5.56 Å². The lowest BCUT2D eigenvalue weighted by Gasteiger charge is -2.08. The number of carbonyl (C=O) groups excluding carboxylic acids is 2. The third-order valence-corrected chi connectivity index (χ3v) is 1.98. The van der Waals surface area contributed by atoms with Crippen LogP contribution in [0.2, 0.25) is 0 Å². The van der Waals surface area contributed by atoms with Crippen molar-refractivity contribution in [1.82, 2.24) is 0 Å². The maximum Gasteiger partial charge on any atom is 0.164 e. The van der Waals surface area contributed by atoms with E-state index in [1.54, 1.807) is 18.2 Å². The van der Waals surface area contributed by atoms with Crippen LogP contribution in [0.5, 0.6) is 5.75 Å². The number of benzene rings is 1. The topological polar surface area (TPSA) is 43.4 Å². The molecule has 0 fully saturated rings. The van der Waals surface area contributed by atoms with Gasteiger partial charge >= 0.3 is 0 Å². The molecule has 0 aliphatic rings. The zero-order chi connectivity index (χ0) is 10.7. The molecule has 0 saturated carbocycles. The predicted molar refractivity (Wildman–Crippen MR) is 53.0 cm³/mol. The van der Waals surface area contributed by atoms with Gasteiger partial charge in [-0.25, -0.2) is 0 Å². The second kappa shape index (κ2) is 4.05. The van der Waals surface area contributed by atoms with Gasteiger partial charge in [0.2, 0.25) is 0 Å². The Kier molecular flexibility index (Phi) is 3.02. The lowest BCUT2D eigenvalue weighted by Crippen LogP contribution is -2.06. The van der Waals surface area contributed by atoms with E-state index in [0.29, 0.717) is 16.9 Å². The molecule has 0 spiro atoms. The van der Waals surface area contributed by atoms with Gasteiger partial charge in [-0.05, 0) is 19.9 Å². The summed E-state index contributed by atoms with van der Waals surface area (Å²) in [5, 5.41) is 0. The molecule has 0 aromatic heterocycles. The van der Waals surface area contributed by atoms with Crippen LogP contribution in [0.25, 0.3) is 0 Å². The highest BCUT2D eigenvalue weighted by molar-refractivity contribution is 6.08. The monoisotopic (exact) mass is 192 g/mol. The van der Waals surface area contributed by atoms with E-state index < -0.39 is 0 Å². The first-order valence-corrected chi connectivity index (χ1v) is 4.26. The normalized spacial score (nSPS) is 9.64. The van der Waals surface area contributed by atoms with Crippen molar-refractivity contribution >= 4 is 11.6 Å². The second-order valence-corrected chi connectivity index (χ2v) is 3.00. The van der Waals surface area contributed by atoms with Gasteiger partial charge in [-0.2, -0.15) is 0 Å². The molecule has 0 aliphatic carbocycles. The number of hydrogen-bond acceptors (Lipinski definition) is 3. The summed E-state index contributed by atoms with van der Waals surface area (Å²) in [6.07, 6.45) is 0. The molecule has 0 radical (unpaired) electrons. The van der Waals surface area contributed by atoms with Crippen LogP contribution in [0.1, 0.15) is 34.6 Å². The molecule has 0 saturated heterocycles. The van der Waals surface area contributed by atoms with Crippen molar-refractivity contribution in [3.63, 3.8) is 0 Å². The Morgan fingerprint density at radius 3 is 2.21 bits per heavy atom. The van der Waals surface area contributed by atoms with E-state index in [0.717, 1.165) is 0 Å². The van der Waals surface area contributed by atoms with Crippen LogP contribution in [0.15, 0.2) is 18.2 Å². The van der Waals surface area contributed by atoms with E-state index in [2.05, 4.69) is 0 Å². The maximum atomic E-state index is 11.3. The SMILES string of the molecule is COc1cccc(C(C)=O)c1C(C)=O. The summed E-state index contributed by atoms with van der Waals surface area (Å²) in [7, 11) is 1.48. The van der Waals surface area contributed by atoms with E-state index in [-0.39, 0.29) is 11.6 Å². The highest BCUT2D eigenvalue weighted by Gasteiger charge is 2.15. The fourth-order valence-corrected chi connectivity index (χ4v) is 1.36. The third kappa shape index (κ3) is 1.82. The van der Waals surface area contributed by atoms with Crippen molar-refractivity contribution in [2.24, 2.45) is 0 Å². The first kappa shape index (κ1) is 10.4. The molecule has 0 N–H and O–H groups in total. The zero-order valence-electron chi connectivity index (χ0n) is 8.46. The molecule has 1 rings (SSSR count). The fourth-order valence-electron chi connectivity index (χ4n) is 1.36. The van der Waals surface area contributed by atoms with Crippen LogP contribution in [0.3, 0.4) is 0 Å². The summed E-state index contributed by atoms with van der Waals surface area (Å²) < 4.78 is 5.02. The summed E-state index contributed by atoms with van der Waals surface area (Å²) in [6, 6.07) is 4.99. The number of rotatable bonds is 3. The van der Waals surface area contributed by atoms with Gasteiger partial charge in [-0.1, -0.05) is 12.1 Å². The predicted octanol–water partition coefficient (Wildman–Crippen LogP) is 2.10. The molecule has 1 aromatic rings. The molecule has 0 heterocycles. The molecule has 74 valence electrons. The first-order valence-electron chi connectivity index (χ1n) is 4.26. The van der Waals surface area contributed by atoms with Crippen LogP contribution in [0.4, 0.5) is 0 Å². The Hall–Kier alpha value is -1.64. The number of methoxy groups -OCH3 is 1. The van der Waals surface area contributed by atoms with Gasteiger partial charge in [-0.3, -0.25) is 9.59 Å². The minimum atomic E-state index is -0.160. The average Bonchev–Trinajstić information content (AvgIpc) is 2.16. The van der Waals surface area contributed by atoms with Crippen LogP contribution >= 0.6 is 0 Å². The molecule has 0 bridgehead atoms. The Morgan fingerprint density at radius 1 is 1.14 bits per heavy atom. The highest BCUT2D eigenvalue weighted by Crippen LogP contribution is 2.22. The van der Waals surface area contributed by atoms with Crippen molar-refractivity contribution in [1.29, 1.82) is 0 Å². The van der Waals surface area contributed by atoms with E-state index in [9.17, 15) is 9.59 Å². The van der Waals surface area contributed by atoms with E-state index >= 15 is 0 Å². The summed E-state index contributed by atoms with van der Waals surface area (Å²) >= 11 is 0. The zero-order valence-corrected chi connectivity index (χ0v) is 8.46. The number of Topliss-reactive ketones (excluding diaryl/α,β-unsaturated/α-hetero) is 2. The van der Waals surface area contributed by atoms with Gasteiger partial charge < -0.3 is 4.74 Å². The van der Waals surface area contributed by atoms with Crippen LogP contribution in [-0.2, 0) is 0 Å². The van der Waals surface area contributed by atoms with E-state index in [4.69, 9.17) is 4.74 Å². The lowest BCUT2D eigenvalue weighted by atomic mass is 10.0. The smallest absolute Gasteiger partial charge is 0.164 e. The fraction of sp³-hybridized carbons (Fsp3) is 0.273. The van der Waals surface area contributed by atoms with Crippen molar-refractivity contribution in [3.8, 4) is 5.75 Å². The molecule has 14 heavy (non-hydrogen) atoms. The van der Waals surface area contributed by atoms with Crippen LogP contribution in [0, 0.1) is 0 Å². The molecule has 0 unspecified atom stereocenters. The lowest BCUT2D eigenvalue weighted by molar-refractivity contribution is 0.0978. The minimum absolute atomic E-state index is 0.130. The number of ketones is 2. The largest absolute Gasteiger partial charge is 0.496 e. The van der Waals surface area contributed by atoms with Crippen LogP contribution < -0.4 is 4.74 Å². The molecule has 0 aliphatic heterocycles. The number of hydrogen-bond donors (Lipinski definition) is 0. The molecule has 1 aromatic carbocycles. The minimum Gasteiger partial charge on any atom is -0.496 e.